The first-order valence-corrected chi connectivity index (χ1v) is 5.81. The van der Waals surface area contributed by atoms with E-state index >= 15 is 0 Å². The molecular formula is C14H9F2NO4. The van der Waals surface area contributed by atoms with Crippen molar-refractivity contribution >= 4 is 12.0 Å². The third-order valence-corrected chi connectivity index (χ3v) is 2.69. The molecule has 21 heavy (non-hydrogen) atoms. The minimum atomic E-state index is -1.03. The predicted octanol–water partition coefficient (Wildman–Crippen LogP) is 3.26. The summed E-state index contributed by atoms with van der Waals surface area (Å²) < 4.78 is 31.1. The van der Waals surface area contributed by atoms with Crippen LogP contribution in [0.5, 0.6) is 5.75 Å². The van der Waals surface area contributed by atoms with Crippen molar-refractivity contribution < 1.29 is 23.2 Å². The topological polar surface area (TPSA) is 69.4 Å². The Labute approximate surface area is 117 Å². The second-order valence-corrected chi connectivity index (χ2v) is 4.14. The van der Waals surface area contributed by atoms with E-state index in [0.717, 1.165) is 18.2 Å². The van der Waals surface area contributed by atoms with Crippen LogP contribution < -0.4 is 4.74 Å². The average molecular weight is 293 g/mol. The third-order valence-electron chi connectivity index (χ3n) is 2.69. The van der Waals surface area contributed by atoms with Gasteiger partial charge in [-0.15, -0.1) is 0 Å². The molecule has 0 bridgehead atoms. The number of nitro groups is 1. The highest BCUT2D eigenvalue weighted by Gasteiger charge is 2.16. The van der Waals surface area contributed by atoms with Crippen LogP contribution in [0.25, 0.3) is 0 Å². The number of rotatable bonds is 5. The molecule has 0 aliphatic carbocycles. The van der Waals surface area contributed by atoms with E-state index in [1.165, 1.54) is 18.2 Å². The van der Waals surface area contributed by atoms with Gasteiger partial charge >= 0.3 is 5.69 Å². The van der Waals surface area contributed by atoms with Crippen molar-refractivity contribution in [1.29, 1.82) is 0 Å². The second-order valence-electron chi connectivity index (χ2n) is 4.14. The van der Waals surface area contributed by atoms with E-state index in [-0.39, 0.29) is 23.6 Å². The zero-order valence-electron chi connectivity index (χ0n) is 10.6. The molecule has 0 heterocycles. The summed E-state index contributed by atoms with van der Waals surface area (Å²) in [5.74, 6) is -2.14. The van der Waals surface area contributed by atoms with Gasteiger partial charge in [-0.2, -0.15) is 0 Å². The molecule has 0 radical (unpaired) electrons. The molecule has 2 aromatic rings. The van der Waals surface area contributed by atoms with Crippen LogP contribution in [0.2, 0.25) is 0 Å². The van der Waals surface area contributed by atoms with E-state index in [9.17, 15) is 23.7 Å². The first-order valence-electron chi connectivity index (χ1n) is 5.81. The number of ether oxygens (including phenoxy) is 1. The minimum Gasteiger partial charge on any atom is -0.482 e. The van der Waals surface area contributed by atoms with Crippen LogP contribution in [0.4, 0.5) is 14.5 Å². The molecule has 0 atom stereocenters. The molecule has 2 rings (SSSR count). The molecule has 5 nitrogen and oxygen atoms in total. The highest BCUT2D eigenvalue weighted by Crippen LogP contribution is 2.28. The van der Waals surface area contributed by atoms with Gasteiger partial charge < -0.3 is 4.74 Å². The van der Waals surface area contributed by atoms with Gasteiger partial charge in [-0.1, -0.05) is 6.07 Å². The smallest absolute Gasteiger partial charge is 0.310 e. The Morgan fingerprint density at radius 3 is 2.52 bits per heavy atom. The van der Waals surface area contributed by atoms with E-state index in [2.05, 4.69) is 0 Å². The Hall–Kier alpha value is -2.83. The first-order chi connectivity index (χ1) is 10.0. The molecule has 0 N–H and O–H groups in total. The molecule has 0 saturated heterocycles. The van der Waals surface area contributed by atoms with Crippen molar-refractivity contribution in [2.75, 3.05) is 0 Å². The maximum absolute atomic E-state index is 13.0. The highest BCUT2D eigenvalue weighted by atomic mass is 19.2. The van der Waals surface area contributed by atoms with Gasteiger partial charge in [0.15, 0.2) is 17.4 Å². The fraction of sp³-hybridized carbons (Fsp3) is 0.0714. The summed E-state index contributed by atoms with van der Waals surface area (Å²) in [6.07, 6.45) is 0.522. The summed E-state index contributed by atoms with van der Waals surface area (Å²) in [6.45, 7) is -0.194. The molecule has 0 saturated carbocycles. The summed E-state index contributed by atoms with van der Waals surface area (Å²) in [4.78, 5) is 20.9. The predicted molar refractivity (Wildman–Crippen MR) is 69.2 cm³/mol. The van der Waals surface area contributed by atoms with E-state index in [1.807, 2.05) is 0 Å². The van der Waals surface area contributed by atoms with Crippen molar-refractivity contribution in [2.24, 2.45) is 0 Å². The summed E-state index contributed by atoms with van der Waals surface area (Å²) in [6, 6.07) is 6.81. The first kappa shape index (κ1) is 14.6. The number of hydrogen-bond acceptors (Lipinski definition) is 4. The lowest BCUT2D eigenvalue weighted by molar-refractivity contribution is -0.385. The average Bonchev–Trinajstić information content (AvgIpc) is 2.48. The number of nitrogens with zero attached hydrogens (tertiary/aromatic N) is 1. The maximum Gasteiger partial charge on any atom is 0.310 e. The molecule has 108 valence electrons. The molecule has 0 fully saturated rings. The Balaban J connectivity index is 2.23. The fourth-order valence-electron chi connectivity index (χ4n) is 1.66. The van der Waals surface area contributed by atoms with Crippen LogP contribution in [-0.4, -0.2) is 11.2 Å². The molecule has 0 aliphatic rings. The minimum absolute atomic E-state index is 0.116. The number of hydrogen-bond donors (Lipinski definition) is 0. The number of carbonyl (C=O) groups is 1. The van der Waals surface area contributed by atoms with Gasteiger partial charge in [0.05, 0.1) is 4.92 Å². The zero-order chi connectivity index (χ0) is 15.4. The molecule has 0 amide bonds. The van der Waals surface area contributed by atoms with Crippen LogP contribution >= 0.6 is 0 Å². The van der Waals surface area contributed by atoms with Crippen molar-refractivity contribution in [3.05, 3.63) is 69.3 Å². The van der Waals surface area contributed by atoms with Crippen molar-refractivity contribution in [2.45, 2.75) is 6.61 Å². The van der Waals surface area contributed by atoms with Gasteiger partial charge in [-0.3, -0.25) is 14.9 Å². The Morgan fingerprint density at radius 1 is 1.14 bits per heavy atom. The van der Waals surface area contributed by atoms with Crippen LogP contribution in [0.3, 0.4) is 0 Å². The van der Waals surface area contributed by atoms with Crippen LogP contribution in [-0.2, 0) is 6.61 Å². The van der Waals surface area contributed by atoms with Crippen molar-refractivity contribution in [3.8, 4) is 5.75 Å². The molecule has 7 heteroatoms. The van der Waals surface area contributed by atoms with Gasteiger partial charge in [0.2, 0.25) is 0 Å². The maximum atomic E-state index is 13.0. The highest BCUT2D eigenvalue weighted by molar-refractivity contribution is 5.76. The summed E-state index contributed by atoms with van der Waals surface area (Å²) in [5.41, 5.74) is 0.198. The lowest BCUT2D eigenvalue weighted by Crippen LogP contribution is -2.01. The number of carbonyl (C=O) groups excluding carboxylic acids is 1. The summed E-state index contributed by atoms with van der Waals surface area (Å²) in [7, 11) is 0. The molecule has 0 unspecified atom stereocenters. The number of aldehydes is 1. The zero-order valence-corrected chi connectivity index (χ0v) is 10.6. The third kappa shape index (κ3) is 3.38. The molecular weight excluding hydrogens is 284 g/mol. The molecule has 2 aromatic carbocycles. The molecule has 0 aliphatic heterocycles. The molecule has 0 spiro atoms. The van der Waals surface area contributed by atoms with Gasteiger partial charge in [0.25, 0.3) is 0 Å². The lowest BCUT2D eigenvalue weighted by atomic mass is 10.2. The fourth-order valence-corrected chi connectivity index (χ4v) is 1.66. The number of halogens is 2. The largest absolute Gasteiger partial charge is 0.482 e. The Kier molecular flexibility index (Phi) is 4.22. The lowest BCUT2D eigenvalue weighted by Gasteiger charge is -2.07. The van der Waals surface area contributed by atoms with Crippen LogP contribution in [0.15, 0.2) is 36.4 Å². The summed E-state index contributed by atoms with van der Waals surface area (Å²) in [5, 5.41) is 10.9. The normalized spacial score (nSPS) is 10.2. The van der Waals surface area contributed by atoms with Crippen molar-refractivity contribution in [1.82, 2.24) is 0 Å². The SMILES string of the molecule is O=Cc1ccc([N+](=O)[O-])c(OCc2ccc(F)c(F)c2)c1. The van der Waals surface area contributed by atoms with E-state index < -0.39 is 16.6 Å². The van der Waals surface area contributed by atoms with Gasteiger partial charge in [0, 0.05) is 11.6 Å². The van der Waals surface area contributed by atoms with Crippen molar-refractivity contribution in [3.63, 3.8) is 0 Å². The van der Waals surface area contributed by atoms with Crippen LogP contribution in [0.1, 0.15) is 15.9 Å². The standard InChI is InChI=1S/C14H9F2NO4/c15-11-3-1-10(5-12(11)16)8-21-14-6-9(7-18)2-4-13(14)17(19)20/h1-7H,8H2. The second kappa shape index (κ2) is 6.08. The van der Waals surface area contributed by atoms with E-state index in [0.29, 0.717) is 11.8 Å². The van der Waals surface area contributed by atoms with Crippen LogP contribution in [0, 0.1) is 21.7 Å². The monoisotopic (exact) mass is 293 g/mol. The number of nitro benzene ring substituents is 1. The number of benzene rings is 2. The Bertz CT molecular complexity index is 703. The summed E-state index contributed by atoms with van der Waals surface area (Å²) >= 11 is 0. The van der Waals surface area contributed by atoms with Gasteiger partial charge in [0.1, 0.15) is 12.9 Å². The van der Waals surface area contributed by atoms with Gasteiger partial charge in [-0.05, 0) is 29.8 Å². The van der Waals surface area contributed by atoms with Gasteiger partial charge in [-0.25, -0.2) is 8.78 Å². The molecule has 0 aromatic heterocycles. The Morgan fingerprint density at radius 2 is 1.90 bits per heavy atom. The quantitative estimate of drug-likeness (QED) is 0.482. The van der Waals surface area contributed by atoms with E-state index in [1.54, 1.807) is 0 Å². The van der Waals surface area contributed by atoms with E-state index in [4.69, 9.17) is 4.74 Å².